The van der Waals surface area contributed by atoms with Gasteiger partial charge in [-0.15, -0.1) is 0 Å². The highest BCUT2D eigenvalue weighted by molar-refractivity contribution is 5.96. The molecule has 2 unspecified atom stereocenters. The lowest BCUT2D eigenvalue weighted by molar-refractivity contribution is 0.0815. The Kier molecular flexibility index (Phi) is 4.53. The molecule has 0 aliphatic heterocycles. The summed E-state index contributed by atoms with van der Waals surface area (Å²) in [5.74, 6) is 0.966. The highest BCUT2D eigenvalue weighted by Gasteiger charge is 2.31. The molecular formula is C14H23N3O. The molecule has 2 rings (SSSR count). The number of hydrogen-bond donors (Lipinski definition) is 1. The maximum Gasteiger partial charge on any atom is 0.186 e. The van der Waals surface area contributed by atoms with Crippen LogP contribution < -0.4 is 5.73 Å². The molecule has 100 valence electrons. The Bertz CT molecular complexity index is 399. The smallest absolute Gasteiger partial charge is 0.186 e. The fourth-order valence-electron chi connectivity index (χ4n) is 2.99. The van der Waals surface area contributed by atoms with Gasteiger partial charge in [0.2, 0.25) is 0 Å². The quantitative estimate of drug-likeness (QED) is 0.814. The Labute approximate surface area is 109 Å². The van der Waals surface area contributed by atoms with Crippen molar-refractivity contribution in [2.24, 2.45) is 17.6 Å². The summed E-state index contributed by atoms with van der Waals surface area (Å²) in [5.41, 5.74) is 6.12. The molecule has 4 heteroatoms. The van der Waals surface area contributed by atoms with Gasteiger partial charge in [0.25, 0.3) is 0 Å². The molecule has 1 heterocycles. The first-order valence-corrected chi connectivity index (χ1v) is 7.02. The maximum absolute atomic E-state index is 12.5. The van der Waals surface area contributed by atoms with Crippen molar-refractivity contribution in [3.63, 3.8) is 0 Å². The first-order chi connectivity index (χ1) is 8.76. The van der Waals surface area contributed by atoms with Gasteiger partial charge in [0.15, 0.2) is 5.78 Å². The normalized spacial score (nSPS) is 24.1. The summed E-state index contributed by atoms with van der Waals surface area (Å²) in [4.78, 5) is 16.7. The topological polar surface area (TPSA) is 60.9 Å². The van der Waals surface area contributed by atoms with Crippen LogP contribution in [0.2, 0.25) is 0 Å². The van der Waals surface area contributed by atoms with Crippen LogP contribution in [-0.2, 0) is 6.54 Å². The number of rotatable bonds is 5. The number of carbonyl (C=O) groups is 1. The van der Waals surface area contributed by atoms with Crippen LogP contribution in [0.3, 0.4) is 0 Å². The summed E-state index contributed by atoms with van der Waals surface area (Å²) < 4.78 is 1.90. The Hall–Kier alpha value is -1.16. The van der Waals surface area contributed by atoms with Gasteiger partial charge in [0, 0.05) is 25.2 Å². The Morgan fingerprint density at radius 3 is 3.00 bits per heavy atom. The summed E-state index contributed by atoms with van der Waals surface area (Å²) in [6, 6.07) is 0. The summed E-state index contributed by atoms with van der Waals surface area (Å²) >= 11 is 0. The summed E-state index contributed by atoms with van der Waals surface area (Å²) in [6.45, 7) is 3.48. The summed E-state index contributed by atoms with van der Waals surface area (Å²) in [7, 11) is 0. The third-order valence-electron chi connectivity index (χ3n) is 4.04. The van der Waals surface area contributed by atoms with Gasteiger partial charge in [-0.25, -0.2) is 4.98 Å². The van der Waals surface area contributed by atoms with Crippen LogP contribution in [0.4, 0.5) is 0 Å². The highest BCUT2D eigenvalue weighted by atomic mass is 16.1. The van der Waals surface area contributed by atoms with Gasteiger partial charge in [-0.05, 0) is 18.8 Å². The molecule has 1 saturated carbocycles. The van der Waals surface area contributed by atoms with Crippen molar-refractivity contribution < 1.29 is 4.79 Å². The monoisotopic (exact) mass is 249 g/mol. The minimum absolute atomic E-state index is 0.185. The van der Waals surface area contributed by atoms with Gasteiger partial charge < -0.3 is 10.3 Å². The zero-order valence-electron chi connectivity index (χ0n) is 11.1. The van der Waals surface area contributed by atoms with Gasteiger partial charge in [-0.2, -0.15) is 0 Å². The van der Waals surface area contributed by atoms with E-state index in [1.165, 1.54) is 19.3 Å². The SMILES string of the molecule is CCC1CCCCC1C(=O)c1cn(CCN)cn1. The van der Waals surface area contributed by atoms with E-state index in [0.717, 1.165) is 19.4 Å². The van der Waals surface area contributed by atoms with E-state index in [2.05, 4.69) is 11.9 Å². The second kappa shape index (κ2) is 6.14. The van der Waals surface area contributed by atoms with Crippen LogP contribution in [0, 0.1) is 11.8 Å². The second-order valence-electron chi connectivity index (χ2n) is 5.21. The fourth-order valence-corrected chi connectivity index (χ4v) is 2.99. The van der Waals surface area contributed by atoms with E-state index in [9.17, 15) is 4.79 Å². The number of hydrogen-bond acceptors (Lipinski definition) is 3. The molecule has 0 bridgehead atoms. The van der Waals surface area contributed by atoms with Gasteiger partial charge in [-0.1, -0.05) is 26.2 Å². The maximum atomic E-state index is 12.5. The van der Waals surface area contributed by atoms with Crippen LogP contribution in [-0.4, -0.2) is 21.9 Å². The lowest BCUT2D eigenvalue weighted by Gasteiger charge is -2.29. The van der Waals surface area contributed by atoms with E-state index in [-0.39, 0.29) is 11.7 Å². The van der Waals surface area contributed by atoms with Crippen molar-refractivity contribution in [2.45, 2.75) is 45.6 Å². The molecule has 0 radical (unpaired) electrons. The number of nitrogens with zero attached hydrogens (tertiary/aromatic N) is 2. The number of Topliss-reactive ketones (excluding diaryl/α,β-unsaturated/α-hetero) is 1. The van der Waals surface area contributed by atoms with E-state index in [1.54, 1.807) is 6.33 Å². The molecule has 0 aromatic carbocycles. The van der Waals surface area contributed by atoms with Crippen molar-refractivity contribution in [1.29, 1.82) is 0 Å². The molecule has 1 aromatic heterocycles. The number of ketones is 1. The van der Waals surface area contributed by atoms with E-state index in [0.29, 0.717) is 18.2 Å². The van der Waals surface area contributed by atoms with Crippen molar-refractivity contribution in [3.05, 3.63) is 18.2 Å². The van der Waals surface area contributed by atoms with Gasteiger partial charge in [0.05, 0.1) is 6.33 Å². The van der Waals surface area contributed by atoms with Crippen LogP contribution >= 0.6 is 0 Å². The average Bonchev–Trinajstić information content (AvgIpc) is 2.87. The number of nitrogens with two attached hydrogens (primary N) is 1. The van der Waals surface area contributed by atoms with E-state index in [4.69, 9.17) is 5.73 Å². The molecule has 1 aliphatic carbocycles. The van der Waals surface area contributed by atoms with Crippen LogP contribution in [0.25, 0.3) is 0 Å². The molecule has 1 aromatic rings. The molecule has 18 heavy (non-hydrogen) atoms. The highest BCUT2D eigenvalue weighted by Crippen LogP contribution is 2.34. The fraction of sp³-hybridized carbons (Fsp3) is 0.714. The predicted octanol–water partition coefficient (Wildman–Crippen LogP) is 2.24. The van der Waals surface area contributed by atoms with Crippen LogP contribution in [0.1, 0.15) is 49.5 Å². The van der Waals surface area contributed by atoms with Gasteiger partial charge in [-0.3, -0.25) is 4.79 Å². The standard InChI is InChI=1S/C14H23N3O/c1-2-11-5-3-4-6-12(11)14(18)13-9-17(8-7-15)10-16-13/h9-12H,2-8,15H2,1H3. The molecular weight excluding hydrogens is 226 g/mol. The van der Waals surface area contributed by atoms with Gasteiger partial charge in [0.1, 0.15) is 5.69 Å². The summed E-state index contributed by atoms with van der Waals surface area (Å²) in [6.07, 6.45) is 9.32. The molecule has 1 aliphatic rings. The van der Waals surface area contributed by atoms with E-state index in [1.807, 2.05) is 10.8 Å². The molecule has 2 atom stereocenters. The molecule has 1 fully saturated rings. The van der Waals surface area contributed by atoms with Crippen molar-refractivity contribution in [2.75, 3.05) is 6.54 Å². The number of imidazole rings is 1. The van der Waals surface area contributed by atoms with Crippen LogP contribution in [0.15, 0.2) is 12.5 Å². The van der Waals surface area contributed by atoms with Crippen LogP contribution in [0.5, 0.6) is 0 Å². The first kappa shape index (κ1) is 13.3. The number of carbonyl (C=O) groups excluding carboxylic acids is 1. The zero-order valence-corrected chi connectivity index (χ0v) is 11.1. The van der Waals surface area contributed by atoms with Crippen molar-refractivity contribution in [3.8, 4) is 0 Å². The minimum atomic E-state index is 0.185. The molecule has 0 saturated heterocycles. The summed E-state index contributed by atoms with van der Waals surface area (Å²) in [5, 5.41) is 0. The zero-order chi connectivity index (χ0) is 13.0. The molecule has 0 amide bonds. The number of aromatic nitrogens is 2. The van der Waals surface area contributed by atoms with E-state index < -0.39 is 0 Å². The van der Waals surface area contributed by atoms with Crippen molar-refractivity contribution in [1.82, 2.24) is 9.55 Å². The second-order valence-corrected chi connectivity index (χ2v) is 5.21. The average molecular weight is 249 g/mol. The lowest BCUT2D eigenvalue weighted by atomic mass is 9.75. The Morgan fingerprint density at radius 2 is 2.28 bits per heavy atom. The molecule has 0 spiro atoms. The Morgan fingerprint density at radius 1 is 1.50 bits per heavy atom. The first-order valence-electron chi connectivity index (χ1n) is 7.02. The minimum Gasteiger partial charge on any atom is -0.335 e. The molecule has 4 nitrogen and oxygen atoms in total. The molecule has 2 N–H and O–H groups in total. The lowest BCUT2D eigenvalue weighted by Crippen LogP contribution is -2.27. The van der Waals surface area contributed by atoms with E-state index >= 15 is 0 Å². The van der Waals surface area contributed by atoms with Crippen molar-refractivity contribution >= 4 is 5.78 Å². The van der Waals surface area contributed by atoms with Gasteiger partial charge >= 0.3 is 0 Å². The third-order valence-corrected chi connectivity index (χ3v) is 4.04. The predicted molar refractivity (Wildman–Crippen MR) is 71.4 cm³/mol. The Balaban J connectivity index is 2.08. The largest absolute Gasteiger partial charge is 0.335 e. The third kappa shape index (κ3) is 2.80.